The highest BCUT2D eigenvalue weighted by Gasteiger charge is 2.21. The first kappa shape index (κ1) is 24.8. The van der Waals surface area contributed by atoms with E-state index in [9.17, 15) is 22.7 Å². The summed E-state index contributed by atoms with van der Waals surface area (Å²) in [4.78, 5) is 16.2. The number of ketones is 1. The highest BCUT2D eigenvalue weighted by atomic mass is 32.2. The number of H-pyrrole nitrogens is 1. The van der Waals surface area contributed by atoms with Gasteiger partial charge in [0.05, 0.1) is 35.1 Å². The number of nitrogens with two attached hydrogens (primary N) is 1. The molecular formula is C26H22FN5O5S. The van der Waals surface area contributed by atoms with E-state index in [1.165, 1.54) is 41.2 Å². The molecule has 2 aromatic heterocycles. The first-order chi connectivity index (χ1) is 18.0. The molecule has 0 aliphatic heterocycles. The van der Waals surface area contributed by atoms with Gasteiger partial charge in [0.25, 0.3) is 0 Å². The fourth-order valence-electron chi connectivity index (χ4n) is 4.03. The lowest BCUT2D eigenvalue weighted by atomic mass is 10.1. The fourth-order valence-corrected chi connectivity index (χ4v) is 4.59. The van der Waals surface area contributed by atoms with Crippen LogP contribution in [0.1, 0.15) is 21.6 Å². The molecule has 194 valence electrons. The van der Waals surface area contributed by atoms with Gasteiger partial charge >= 0.3 is 0 Å². The number of nitrogens with zero attached hydrogens (tertiary/aromatic N) is 2. The van der Waals surface area contributed by atoms with Crippen molar-refractivity contribution in [3.05, 3.63) is 89.5 Å². The third-order valence-corrected chi connectivity index (χ3v) is 6.38. The molecule has 0 saturated heterocycles. The van der Waals surface area contributed by atoms with Gasteiger partial charge in [-0.25, -0.2) is 17.5 Å². The molecule has 3 aromatic carbocycles. The second-order valence-corrected chi connectivity index (χ2v) is 10.4. The predicted octanol–water partition coefficient (Wildman–Crippen LogP) is 4.48. The molecule has 5 aromatic rings. The summed E-state index contributed by atoms with van der Waals surface area (Å²) in [6.45, 7) is 1.80. The maximum atomic E-state index is 13.9. The van der Waals surface area contributed by atoms with Gasteiger partial charge < -0.3 is 20.6 Å². The number of halogens is 1. The zero-order valence-corrected chi connectivity index (χ0v) is 21.0. The summed E-state index contributed by atoms with van der Waals surface area (Å²) in [6.07, 6.45) is 2.31. The molecule has 0 fully saturated rings. The van der Waals surface area contributed by atoms with Crippen LogP contribution in [-0.4, -0.2) is 40.3 Å². The number of benzene rings is 3. The van der Waals surface area contributed by atoms with E-state index >= 15 is 0 Å². The lowest BCUT2D eigenvalue weighted by Crippen LogP contribution is -2.09. The fraction of sp³-hybridized carbons (Fsp3) is 0.0769. The number of aryl methyl sites for hydroxylation is 1. The van der Waals surface area contributed by atoms with E-state index in [0.717, 1.165) is 11.8 Å². The van der Waals surface area contributed by atoms with Crippen LogP contribution in [0.4, 0.5) is 15.9 Å². The molecule has 0 unspecified atom stereocenters. The molecule has 0 aliphatic rings. The van der Waals surface area contributed by atoms with Crippen LogP contribution in [0.3, 0.4) is 0 Å². The number of aromatic nitrogens is 3. The Kier molecular flexibility index (Phi) is 6.03. The Bertz CT molecular complexity index is 1830. The van der Waals surface area contributed by atoms with Crippen LogP contribution in [0.2, 0.25) is 0 Å². The van der Waals surface area contributed by atoms with Crippen molar-refractivity contribution in [1.82, 2.24) is 14.8 Å². The van der Waals surface area contributed by atoms with Crippen LogP contribution < -0.4 is 15.2 Å². The number of hydrogen-bond acceptors (Lipinski definition) is 7. The molecule has 38 heavy (non-hydrogen) atoms. The second-order valence-electron chi connectivity index (χ2n) is 8.68. The maximum absolute atomic E-state index is 13.9. The number of carbonyl (C=O) groups is 1. The molecule has 0 atom stereocenters. The Morgan fingerprint density at radius 3 is 2.63 bits per heavy atom. The maximum Gasteiger partial charge on any atom is 0.229 e. The topological polar surface area (TPSA) is 152 Å². The minimum atomic E-state index is -3.62. The van der Waals surface area contributed by atoms with Crippen molar-refractivity contribution in [3.8, 4) is 22.9 Å². The highest BCUT2D eigenvalue weighted by molar-refractivity contribution is 7.92. The summed E-state index contributed by atoms with van der Waals surface area (Å²) in [5.41, 5.74) is 8.35. The molecular weight excluding hydrogens is 513 g/mol. The van der Waals surface area contributed by atoms with Crippen LogP contribution in [0, 0.1) is 12.7 Å². The lowest BCUT2D eigenvalue weighted by molar-refractivity contribution is 0.103. The number of rotatable bonds is 7. The highest BCUT2D eigenvalue weighted by Crippen LogP contribution is 2.32. The van der Waals surface area contributed by atoms with Crippen LogP contribution in [0.15, 0.2) is 66.9 Å². The Morgan fingerprint density at radius 1 is 1.16 bits per heavy atom. The van der Waals surface area contributed by atoms with Crippen LogP contribution >= 0.6 is 0 Å². The molecule has 0 spiro atoms. The van der Waals surface area contributed by atoms with Gasteiger partial charge in [-0.1, -0.05) is 12.1 Å². The van der Waals surface area contributed by atoms with Crippen molar-refractivity contribution in [2.24, 2.45) is 0 Å². The number of phenolic OH excluding ortho intramolecular Hbond substituents is 1. The van der Waals surface area contributed by atoms with Crippen molar-refractivity contribution < 1.29 is 27.4 Å². The number of nitrogen functional groups attached to an aromatic ring is 1. The van der Waals surface area contributed by atoms with E-state index in [2.05, 4.69) is 14.8 Å². The number of aromatic hydroxyl groups is 1. The molecule has 0 bridgehead atoms. The molecule has 10 nitrogen and oxygen atoms in total. The first-order valence-electron chi connectivity index (χ1n) is 11.3. The number of para-hydroxylation sites is 1. The van der Waals surface area contributed by atoms with E-state index in [1.807, 2.05) is 0 Å². The normalized spacial score (nSPS) is 11.6. The number of phenols is 1. The largest absolute Gasteiger partial charge is 0.506 e. The lowest BCUT2D eigenvalue weighted by Gasteiger charge is -2.12. The van der Waals surface area contributed by atoms with Gasteiger partial charge in [-0.15, -0.1) is 0 Å². The van der Waals surface area contributed by atoms with Crippen molar-refractivity contribution >= 4 is 38.2 Å². The third kappa shape index (κ3) is 4.76. The molecule has 0 aliphatic carbocycles. The van der Waals surface area contributed by atoms with Crippen molar-refractivity contribution in [3.63, 3.8) is 0 Å². The average Bonchev–Trinajstić information content (AvgIpc) is 3.43. The Hall–Kier alpha value is -4.84. The third-order valence-electron chi connectivity index (χ3n) is 5.79. The smallest absolute Gasteiger partial charge is 0.229 e. The summed E-state index contributed by atoms with van der Waals surface area (Å²) in [6, 6.07) is 15.4. The predicted molar refractivity (Wildman–Crippen MR) is 141 cm³/mol. The monoisotopic (exact) mass is 535 g/mol. The first-order valence-corrected chi connectivity index (χ1v) is 13.1. The van der Waals surface area contributed by atoms with Gasteiger partial charge in [-0.05, 0) is 61.0 Å². The van der Waals surface area contributed by atoms with Crippen molar-refractivity contribution in [2.75, 3.05) is 16.7 Å². The number of fused-ring (bicyclic) bond motifs is 1. The van der Waals surface area contributed by atoms with E-state index in [4.69, 9.17) is 10.5 Å². The van der Waals surface area contributed by atoms with Crippen LogP contribution in [0.25, 0.3) is 16.6 Å². The van der Waals surface area contributed by atoms with Gasteiger partial charge in [0.15, 0.2) is 11.6 Å². The molecule has 5 rings (SSSR count). The van der Waals surface area contributed by atoms with Gasteiger partial charge in [-0.3, -0.25) is 9.52 Å². The van der Waals surface area contributed by atoms with Gasteiger partial charge in [0.1, 0.15) is 17.3 Å². The quantitative estimate of drug-likeness (QED) is 0.177. The minimum absolute atomic E-state index is 0.0221. The summed E-state index contributed by atoms with van der Waals surface area (Å²) >= 11 is 0. The van der Waals surface area contributed by atoms with Crippen LogP contribution in [0.5, 0.6) is 17.2 Å². The zero-order chi connectivity index (χ0) is 27.2. The Labute approximate surface area is 216 Å². The number of nitrogens with one attached hydrogen (secondary N) is 2. The van der Waals surface area contributed by atoms with E-state index in [1.54, 1.807) is 37.3 Å². The number of anilines is 2. The summed E-state index contributed by atoms with van der Waals surface area (Å²) in [5, 5.41) is 14.9. The summed E-state index contributed by atoms with van der Waals surface area (Å²) in [7, 11) is -3.62. The molecule has 0 amide bonds. The van der Waals surface area contributed by atoms with Crippen molar-refractivity contribution in [2.45, 2.75) is 6.92 Å². The Morgan fingerprint density at radius 2 is 1.92 bits per heavy atom. The summed E-state index contributed by atoms with van der Waals surface area (Å²) in [5.74, 6) is -0.600. The van der Waals surface area contributed by atoms with E-state index < -0.39 is 21.6 Å². The van der Waals surface area contributed by atoms with Gasteiger partial charge in [0.2, 0.25) is 15.8 Å². The molecule has 2 heterocycles. The zero-order valence-electron chi connectivity index (χ0n) is 20.2. The number of hydrogen-bond donors (Lipinski definition) is 4. The number of ether oxygens (including phenoxy) is 1. The molecule has 0 radical (unpaired) electrons. The van der Waals surface area contributed by atoms with Gasteiger partial charge in [-0.2, -0.15) is 5.10 Å². The SMILES string of the molecule is Cc1cc(Oc2ccccc2F)ccc1-n1ncc(C(=O)c2cc3cc(O)c(NS(C)(=O)=O)cc3[nH]2)c1N. The number of carbonyl (C=O) groups excluding carboxylic acids is 1. The number of sulfonamides is 1. The summed E-state index contributed by atoms with van der Waals surface area (Å²) < 4.78 is 46.3. The average molecular weight is 536 g/mol. The Balaban J connectivity index is 1.43. The molecule has 0 saturated carbocycles. The number of aromatic amines is 1. The van der Waals surface area contributed by atoms with E-state index in [0.29, 0.717) is 22.3 Å². The van der Waals surface area contributed by atoms with Gasteiger partial charge in [0, 0.05) is 10.9 Å². The van der Waals surface area contributed by atoms with Crippen molar-refractivity contribution in [1.29, 1.82) is 0 Å². The molecule has 12 heteroatoms. The molecule has 5 N–H and O–H groups in total. The van der Waals surface area contributed by atoms with Crippen LogP contribution in [-0.2, 0) is 10.0 Å². The van der Waals surface area contributed by atoms with E-state index in [-0.39, 0.29) is 34.3 Å². The minimum Gasteiger partial charge on any atom is -0.506 e. The standard InChI is InChI=1S/C26H22FN5O5S/c1-14-9-16(37-24-6-4-3-5-18(24)27)7-8-22(14)32-26(28)17(13-29-32)25(34)21-10-15-11-23(33)20(12-19(15)30-21)31-38(2,35)36/h3-13,30-31,33H,28H2,1-2H3. The second kappa shape index (κ2) is 9.23.